The molecule has 4 nitrogen and oxygen atoms in total. The van der Waals surface area contributed by atoms with E-state index in [1.54, 1.807) is 0 Å². The number of benzene rings is 5. The molecule has 4 aromatic heterocycles. The molecule has 0 saturated carbocycles. The summed E-state index contributed by atoms with van der Waals surface area (Å²) in [6, 6.07) is 48.9. The Morgan fingerprint density at radius 1 is 0.565 bits per heavy atom. The molecule has 0 amide bonds. The maximum absolute atomic E-state index is 6.36. The summed E-state index contributed by atoms with van der Waals surface area (Å²) in [6.07, 6.45) is 3.72. The second kappa shape index (κ2) is 12.6. The molecule has 0 saturated heterocycles. The van der Waals surface area contributed by atoms with Crippen molar-refractivity contribution in [2.45, 2.75) is 6.92 Å². The first-order valence-electron chi connectivity index (χ1n) is 14.8. The Bertz CT molecular complexity index is 2430. The number of aromatic nitrogens is 2. The zero-order valence-corrected chi connectivity index (χ0v) is 27.2. The summed E-state index contributed by atoms with van der Waals surface area (Å²) in [4.78, 5) is 8.88. The zero-order chi connectivity index (χ0) is 30.2. The standard InChI is InChI=1S/C29H16NO2.C12H10N.Ir/c1-2-7-18(8-3-1)24-17-19(15-16-30-24)20-10-6-12-26-27(20)23-14-13-22-21-9-4-5-11-25(21)31-28(22)29(23)32-26;1-10-7-8-12(13-9-10)11-5-3-2-4-6-11;/h1-7,9-17H;2-5,7-9H,1H3;/q2*-1;. The molecular weight excluding hydrogens is 745 g/mol. The summed E-state index contributed by atoms with van der Waals surface area (Å²) >= 11 is 0. The summed E-state index contributed by atoms with van der Waals surface area (Å²) in [5, 5.41) is 4.30. The van der Waals surface area contributed by atoms with Gasteiger partial charge in [-0.15, -0.1) is 71.8 Å². The molecule has 9 rings (SSSR count). The zero-order valence-electron chi connectivity index (χ0n) is 24.8. The Kier molecular flexibility index (Phi) is 8.02. The van der Waals surface area contributed by atoms with Crippen LogP contribution >= 0.6 is 0 Å². The van der Waals surface area contributed by atoms with Gasteiger partial charge in [-0.2, -0.15) is 0 Å². The second-order valence-corrected chi connectivity index (χ2v) is 10.9. The van der Waals surface area contributed by atoms with E-state index in [2.05, 4.69) is 58.5 Å². The summed E-state index contributed by atoms with van der Waals surface area (Å²) < 4.78 is 12.6. The molecule has 46 heavy (non-hydrogen) atoms. The van der Waals surface area contributed by atoms with Gasteiger partial charge in [-0.1, -0.05) is 48.5 Å². The van der Waals surface area contributed by atoms with Gasteiger partial charge in [-0.25, -0.2) is 0 Å². The second-order valence-electron chi connectivity index (χ2n) is 10.9. The van der Waals surface area contributed by atoms with Crippen molar-refractivity contribution < 1.29 is 28.9 Å². The molecule has 0 fully saturated rings. The number of fused-ring (bicyclic) bond motifs is 7. The van der Waals surface area contributed by atoms with Crippen molar-refractivity contribution in [1.82, 2.24) is 9.97 Å². The Morgan fingerprint density at radius 3 is 2.02 bits per heavy atom. The minimum absolute atomic E-state index is 0. The van der Waals surface area contributed by atoms with Crippen molar-refractivity contribution in [1.29, 1.82) is 0 Å². The minimum atomic E-state index is 0. The van der Waals surface area contributed by atoms with E-state index in [-0.39, 0.29) is 20.1 Å². The number of hydrogen-bond donors (Lipinski definition) is 0. The number of aryl methyl sites for hydroxylation is 1. The maximum Gasteiger partial charge on any atom is 0.178 e. The van der Waals surface area contributed by atoms with Crippen LogP contribution in [0.3, 0.4) is 0 Å². The van der Waals surface area contributed by atoms with E-state index in [9.17, 15) is 0 Å². The van der Waals surface area contributed by atoms with Crippen molar-refractivity contribution in [2.75, 3.05) is 0 Å². The first-order valence-corrected chi connectivity index (χ1v) is 14.8. The van der Waals surface area contributed by atoms with Crippen molar-refractivity contribution in [2.24, 2.45) is 0 Å². The van der Waals surface area contributed by atoms with Gasteiger partial charge < -0.3 is 18.8 Å². The average molecular weight is 771 g/mol. The van der Waals surface area contributed by atoms with Crippen LogP contribution in [0.5, 0.6) is 0 Å². The molecule has 0 N–H and O–H groups in total. The first-order chi connectivity index (χ1) is 22.2. The summed E-state index contributed by atoms with van der Waals surface area (Å²) in [5.74, 6) is 0. The summed E-state index contributed by atoms with van der Waals surface area (Å²) in [5.41, 5.74) is 10.6. The Labute approximate surface area is 279 Å². The Morgan fingerprint density at radius 2 is 1.26 bits per heavy atom. The summed E-state index contributed by atoms with van der Waals surface area (Å²) in [6.45, 7) is 2.03. The molecule has 5 heteroatoms. The molecule has 0 aliphatic rings. The summed E-state index contributed by atoms with van der Waals surface area (Å²) in [7, 11) is 0. The van der Waals surface area contributed by atoms with Gasteiger partial charge in [0, 0.05) is 54.0 Å². The normalized spacial score (nSPS) is 11.0. The monoisotopic (exact) mass is 771 g/mol. The molecule has 0 bridgehead atoms. The van der Waals surface area contributed by atoms with Crippen molar-refractivity contribution in [3.8, 4) is 33.6 Å². The van der Waals surface area contributed by atoms with Crippen LogP contribution in [0.25, 0.3) is 77.5 Å². The van der Waals surface area contributed by atoms with Gasteiger partial charge in [0.05, 0.1) is 0 Å². The van der Waals surface area contributed by atoms with E-state index in [0.717, 1.165) is 77.5 Å². The van der Waals surface area contributed by atoms with Crippen molar-refractivity contribution in [3.63, 3.8) is 0 Å². The van der Waals surface area contributed by atoms with E-state index < -0.39 is 0 Å². The van der Waals surface area contributed by atoms with Crippen LogP contribution in [0, 0.1) is 19.1 Å². The van der Waals surface area contributed by atoms with E-state index in [4.69, 9.17) is 8.83 Å². The van der Waals surface area contributed by atoms with Crippen molar-refractivity contribution in [3.05, 3.63) is 157 Å². The molecule has 4 heterocycles. The van der Waals surface area contributed by atoms with Gasteiger partial charge in [0.15, 0.2) is 11.2 Å². The predicted octanol–water partition coefficient (Wildman–Crippen LogP) is 10.9. The number of furan rings is 2. The predicted molar refractivity (Wildman–Crippen MR) is 182 cm³/mol. The smallest absolute Gasteiger partial charge is 0.178 e. The number of rotatable bonds is 3. The SMILES string of the molecule is Cc1ccc(-c2[c-]cccc2)nc1.[Ir].[c-]1ccccc1-c1cc(-c2cccc3oc4c(ccc5c6ccccc6oc54)c23)ccn1. The number of nitrogens with zero attached hydrogens (tertiary/aromatic N) is 2. The van der Waals surface area contributed by atoms with Gasteiger partial charge in [-0.05, 0) is 65.3 Å². The van der Waals surface area contributed by atoms with Crippen LogP contribution in [-0.2, 0) is 20.1 Å². The minimum Gasteiger partial charge on any atom is -0.452 e. The van der Waals surface area contributed by atoms with Gasteiger partial charge in [0.2, 0.25) is 0 Å². The van der Waals surface area contributed by atoms with E-state index in [1.165, 1.54) is 5.56 Å². The van der Waals surface area contributed by atoms with Gasteiger partial charge in [0.25, 0.3) is 0 Å². The number of pyridine rings is 2. The van der Waals surface area contributed by atoms with Crippen LogP contribution in [0.4, 0.5) is 0 Å². The van der Waals surface area contributed by atoms with Crippen LogP contribution in [0.1, 0.15) is 5.56 Å². The quantitative estimate of drug-likeness (QED) is 0.168. The molecule has 0 atom stereocenters. The Hall–Kier alpha value is -5.35. The van der Waals surface area contributed by atoms with Crippen LogP contribution < -0.4 is 0 Å². The van der Waals surface area contributed by atoms with Crippen LogP contribution in [0.2, 0.25) is 0 Å². The fourth-order valence-electron chi connectivity index (χ4n) is 5.78. The van der Waals surface area contributed by atoms with E-state index in [1.807, 2.05) is 110 Å². The molecule has 0 unspecified atom stereocenters. The molecule has 223 valence electrons. The fraction of sp³-hybridized carbons (Fsp3) is 0.0244. The van der Waals surface area contributed by atoms with E-state index >= 15 is 0 Å². The third-order valence-corrected chi connectivity index (χ3v) is 7.96. The average Bonchev–Trinajstić information content (AvgIpc) is 3.69. The van der Waals surface area contributed by atoms with Gasteiger partial charge >= 0.3 is 0 Å². The van der Waals surface area contributed by atoms with Crippen LogP contribution in [-0.4, -0.2) is 9.97 Å². The number of hydrogen-bond acceptors (Lipinski definition) is 4. The van der Waals surface area contributed by atoms with Crippen molar-refractivity contribution >= 4 is 43.9 Å². The number of para-hydroxylation sites is 1. The van der Waals surface area contributed by atoms with Crippen LogP contribution in [0.15, 0.2) is 149 Å². The molecule has 0 spiro atoms. The Balaban J connectivity index is 0.000000204. The molecular formula is C41H26IrN2O2-2. The largest absolute Gasteiger partial charge is 0.452 e. The first kappa shape index (κ1) is 29.4. The molecule has 5 aromatic carbocycles. The van der Waals surface area contributed by atoms with Gasteiger partial charge in [-0.3, -0.25) is 0 Å². The van der Waals surface area contributed by atoms with E-state index in [0.29, 0.717) is 0 Å². The molecule has 1 radical (unpaired) electrons. The van der Waals surface area contributed by atoms with Gasteiger partial charge in [0.1, 0.15) is 11.2 Å². The molecule has 9 aromatic rings. The third-order valence-electron chi connectivity index (χ3n) is 7.96. The molecule has 0 aliphatic carbocycles. The fourth-order valence-corrected chi connectivity index (χ4v) is 5.78. The topological polar surface area (TPSA) is 52.1 Å². The third kappa shape index (κ3) is 5.41. The maximum atomic E-state index is 6.36. The molecule has 0 aliphatic heterocycles.